The molecule has 0 bridgehead atoms. The molecule has 1 aromatic heterocycles. The van der Waals surface area contributed by atoms with Gasteiger partial charge in [0.15, 0.2) is 0 Å². The van der Waals surface area contributed by atoms with Crippen LogP contribution in [-0.2, 0) is 0 Å². The fourth-order valence-corrected chi connectivity index (χ4v) is 2.80. The van der Waals surface area contributed by atoms with Gasteiger partial charge in [0.2, 0.25) is 0 Å². The Labute approximate surface area is 125 Å². The zero-order chi connectivity index (χ0) is 15.8. The van der Waals surface area contributed by atoms with Gasteiger partial charge in [0.05, 0.1) is 12.2 Å². The van der Waals surface area contributed by atoms with Gasteiger partial charge in [0.25, 0.3) is 5.91 Å². The van der Waals surface area contributed by atoms with Crippen LogP contribution < -0.4 is 11.1 Å². The molecule has 0 unspecified atom stereocenters. The third kappa shape index (κ3) is 3.21. The van der Waals surface area contributed by atoms with E-state index in [1.165, 1.54) is 6.07 Å². The summed E-state index contributed by atoms with van der Waals surface area (Å²) in [6.07, 6.45) is -3.85. The lowest BCUT2D eigenvalue weighted by Crippen LogP contribution is -2.41. The van der Waals surface area contributed by atoms with E-state index < -0.39 is 24.8 Å². The largest absolute Gasteiger partial charge is 0.397 e. The van der Waals surface area contributed by atoms with Crippen LogP contribution in [0.4, 0.5) is 23.2 Å². The fourth-order valence-electron chi connectivity index (χ4n) is 1.61. The third-order valence-corrected chi connectivity index (χ3v) is 4.12. The summed E-state index contributed by atoms with van der Waals surface area (Å²) < 4.78 is 50.2. The van der Waals surface area contributed by atoms with E-state index in [4.69, 9.17) is 17.3 Å². The molecule has 0 aliphatic carbocycles. The minimum atomic E-state index is -4.29. The normalized spacial score (nSPS) is 12.1. The maximum Gasteiger partial charge on any atom is 0.324 e. The van der Waals surface area contributed by atoms with Crippen LogP contribution >= 0.6 is 22.9 Å². The average Bonchev–Trinajstić information content (AvgIpc) is 2.73. The number of alkyl halides is 4. The highest BCUT2D eigenvalue weighted by atomic mass is 35.5. The molecule has 3 nitrogen and oxygen atoms in total. The van der Waals surface area contributed by atoms with Crippen molar-refractivity contribution in [2.24, 2.45) is 0 Å². The molecule has 0 saturated heterocycles. The zero-order valence-electron chi connectivity index (χ0n) is 10.3. The summed E-state index contributed by atoms with van der Waals surface area (Å²) in [5.41, 5.74) is 5.84. The molecule has 0 aliphatic rings. The van der Waals surface area contributed by atoms with Gasteiger partial charge in [-0.15, -0.1) is 11.3 Å². The monoisotopic (exact) mass is 340 g/mol. The summed E-state index contributed by atoms with van der Waals surface area (Å²) >= 11 is 6.77. The molecule has 0 aliphatic heterocycles. The summed E-state index contributed by atoms with van der Waals surface area (Å²) in [4.78, 5) is 11.8. The number of fused-ring (bicyclic) bond motifs is 1. The lowest BCUT2D eigenvalue weighted by molar-refractivity contribution is -0.123. The van der Waals surface area contributed by atoms with Gasteiger partial charge >= 0.3 is 12.3 Å². The van der Waals surface area contributed by atoms with Crippen LogP contribution in [-0.4, -0.2) is 24.8 Å². The third-order valence-electron chi connectivity index (χ3n) is 2.70. The van der Waals surface area contributed by atoms with E-state index in [0.717, 1.165) is 11.3 Å². The lowest BCUT2D eigenvalue weighted by atomic mass is 10.2. The van der Waals surface area contributed by atoms with Crippen LogP contribution in [0.2, 0.25) is 5.02 Å². The molecule has 1 amide bonds. The number of thiophene rings is 1. The Morgan fingerprint density at radius 3 is 2.71 bits per heavy atom. The molecule has 2 rings (SSSR count). The predicted molar refractivity (Wildman–Crippen MR) is 74.5 cm³/mol. The maximum atomic E-state index is 12.8. The van der Waals surface area contributed by atoms with Crippen LogP contribution in [0.5, 0.6) is 0 Å². The zero-order valence-corrected chi connectivity index (χ0v) is 11.9. The summed E-state index contributed by atoms with van der Waals surface area (Å²) in [7, 11) is 0. The molecule has 1 heterocycles. The molecule has 0 spiro atoms. The van der Waals surface area contributed by atoms with E-state index in [0.29, 0.717) is 15.1 Å². The van der Waals surface area contributed by atoms with Crippen LogP contribution in [0.15, 0.2) is 18.2 Å². The van der Waals surface area contributed by atoms with Crippen molar-refractivity contribution in [3.8, 4) is 0 Å². The Hall–Kier alpha value is -1.54. The van der Waals surface area contributed by atoms with Crippen molar-refractivity contribution < 1.29 is 22.4 Å². The molecule has 114 valence electrons. The molecule has 0 fully saturated rings. The predicted octanol–water partition coefficient (Wildman–Crippen LogP) is 3.77. The van der Waals surface area contributed by atoms with Crippen molar-refractivity contribution in [1.82, 2.24) is 5.32 Å². The Morgan fingerprint density at radius 2 is 2.10 bits per heavy atom. The minimum Gasteiger partial charge on any atom is -0.397 e. The Kier molecular flexibility index (Phi) is 4.29. The number of carbonyl (C=O) groups is 1. The van der Waals surface area contributed by atoms with Crippen molar-refractivity contribution >= 4 is 44.6 Å². The molecule has 3 N–H and O–H groups in total. The SMILES string of the molecule is Nc1c(C(=O)NCC(F)(F)C(F)F)sc2ccc(Cl)cc12. The van der Waals surface area contributed by atoms with Gasteiger partial charge < -0.3 is 11.1 Å². The smallest absolute Gasteiger partial charge is 0.324 e. The summed E-state index contributed by atoms with van der Waals surface area (Å²) in [6.45, 7) is -1.46. The molecule has 21 heavy (non-hydrogen) atoms. The number of carbonyl (C=O) groups excluding carboxylic acids is 1. The first-order valence-corrected chi connectivity index (χ1v) is 6.83. The molecular formula is C12H9ClF4N2OS. The highest BCUT2D eigenvalue weighted by molar-refractivity contribution is 7.21. The molecule has 2 aromatic rings. The first-order chi connectivity index (χ1) is 9.72. The van der Waals surface area contributed by atoms with Gasteiger partial charge in [-0.3, -0.25) is 4.79 Å². The highest BCUT2D eigenvalue weighted by Gasteiger charge is 2.41. The van der Waals surface area contributed by atoms with Gasteiger partial charge in [-0.1, -0.05) is 11.6 Å². The number of benzene rings is 1. The number of hydrogen-bond acceptors (Lipinski definition) is 3. The standard InChI is InChI=1S/C12H9ClF4N2OS/c13-5-1-2-7-6(3-5)8(18)9(21-7)10(20)19-4-12(16,17)11(14)15/h1-3,11H,4,18H2,(H,19,20). The first-order valence-electron chi connectivity index (χ1n) is 5.64. The van der Waals surface area contributed by atoms with Gasteiger partial charge in [-0.05, 0) is 18.2 Å². The molecule has 0 radical (unpaired) electrons. The first kappa shape index (κ1) is 15.8. The molecule has 1 aromatic carbocycles. The topological polar surface area (TPSA) is 55.1 Å². The second-order valence-electron chi connectivity index (χ2n) is 4.23. The molecule has 0 saturated carbocycles. The van der Waals surface area contributed by atoms with Crippen molar-refractivity contribution in [1.29, 1.82) is 0 Å². The van der Waals surface area contributed by atoms with Gasteiger partial charge in [0.1, 0.15) is 4.88 Å². The van der Waals surface area contributed by atoms with Crippen molar-refractivity contribution in [3.05, 3.63) is 28.1 Å². The minimum absolute atomic E-state index is 0.0164. The quantitative estimate of drug-likeness (QED) is 0.832. The van der Waals surface area contributed by atoms with Gasteiger partial charge in [-0.2, -0.15) is 8.78 Å². The molecular weight excluding hydrogens is 332 g/mol. The Bertz CT molecular complexity index is 689. The number of anilines is 1. The van der Waals surface area contributed by atoms with Crippen LogP contribution in [0.1, 0.15) is 9.67 Å². The maximum absolute atomic E-state index is 12.8. The second-order valence-corrected chi connectivity index (χ2v) is 5.72. The van der Waals surface area contributed by atoms with E-state index in [-0.39, 0.29) is 10.6 Å². The number of nitrogens with two attached hydrogens (primary N) is 1. The van der Waals surface area contributed by atoms with Crippen molar-refractivity contribution in [2.45, 2.75) is 12.3 Å². The van der Waals surface area contributed by atoms with E-state index in [1.54, 1.807) is 17.4 Å². The summed E-state index contributed by atoms with van der Waals surface area (Å²) in [6, 6.07) is 4.75. The summed E-state index contributed by atoms with van der Waals surface area (Å²) in [5, 5.41) is 2.68. The Morgan fingerprint density at radius 1 is 1.43 bits per heavy atom. The fraction of sp³-hybridized carbons (Fsp3) is 0.250. The number of amides is 1. The van der Waals surface area contributed by atoms with Crippen molar-refractivity contribution in [2.75, 3.05) is 12.3 Å². The molecule has 0 atom stereocenters. The van der Waals surface area contributed by atoms with Crippen LogP contribution in [0.25, 0.3) is 10.1 Å². The Balaban J connectivity index is 2.22. The summed E-state index contributed by atoms with van der Waals surface area (Å²) in [5.74, 6) is -5.21. The van der Waals surface area contributed by atoms with Crippen LogP contribution in [0.3, 0.4) is 0 Å². The van der Waals surface area contributed by atoms with E-state index in [1.807, 2.05) is 0 Å². The number of nitrogen functional groups attached to an aromatic ring is 1. The number of halogens is 5. The van der Waals surface area contributed by atoms with E-state index in [9.17, 15) is 22.4 Å². The van der Waals surface area contributed by atoms with E-state index >= 15 is 0 Å². The van der Waals surface area contributed by atoms with Gasteiger partial charge in [0, 0.05) is 15.1 Å². The molecule has 9 heteroatoms. The number of rotatable bonds is 4. The van der Waals surface area contributed by atoms with Crippen LogP contribution in [0, 0.1) is 0 Å². The van der Waals surface area contributed by atoms with E-state index in [2.05, 4.69) is 0 Å². The highest BCUT2D eigenvalue weighted by Crippen LogP contribution is 2.35. The number of hydrogen-bond donors (Lipinski definition) is 2. The van der Waals surface area contributed by atoms with Gasteiger partial charge in [-0.25, -0.2) is 8.78 Å². The average molecular weight is 341 g/mol. The van der Waals surface area contributed by atoms with Crippen molar-refractivity contribution in [3.63, 3.8) is 0 Å². The second kappa shape index (κ2) is 5.69. The number of nitrogens with one attached hydrogen (secondary N) is 1. The lowest BCUT2D eigenvalue weighted by Gasteiger charge is -2.15.